The van der Waals surface area contributed by atoms with Crippen molar-refractivity contribution >= 4 is 5.97 Å². The van der Waals surface area contributed by atoms with Gasteiger partial charge in [-0.1, -0.05) is 61.4 Å². The first-order valence-corrected chi connectivity index (χ1v) is 7.71. The van der Waals surface area contributed by atoms with Crippen LogP contribution >= 0.6 is 0 Å². The van der Waals surface area contributed by atoms with Gasteiger partial charge in [0, 0.05) is 5.92 Å². The number of carbonyl (C=O) groups is 1. The highest BCUT2D eigenvalue weighted by Crippen LogP contribution is 2.40. The van der Waals surface area contributed by atoms with Crippen molar-refractivity contribution in [1.82, 2.24) is 0 Å². The van der Waals surface area contributed by atoms with Crippen molar-refractivity contribution in [2.24, 2.45) is 5.92 Å². The standard InChI is InChI=1S/C18H22O4/c19-13-7-8-14-22-17(20)18(21,15-9-3-1-4-10-15)16-11-5-2-6-12-16/h1,3-4,9-10,16,19,21H,2,5-6,11-14H2/t18-/m0/s1. The Hall–Kier alpha value is -1.83. The number of hydrogen-bond acceptors (Lipinski definition) is 4. The molecule has 22 heavy (non-hydrogen) atoms. The fraction of sp³-hybridized carbons (Fsp3) is 0.500. The number of rotatable bonds is 4. The second-order valence-electron chi connectivity index (χ2n) is 5.56. The summed E-state index contributed by atoms with van der Waals surface area (Å²) >= 11 is 0. The Bertz CT molecular complexity index is 537. The fourth-order valence-corrected chi connectivity index (χ4v) is 3.05. The first-order chi connectivity index (χ1) is 10.7. The summed E-state index contributed by atoms with van der Waals surface area (Å²) in [6.07, 6.45) is 4.78. The highest BCUT2D eigenvalue weighted by molar-refractivity contribution is 5.81. The minimum atomic E-state index is -1.62. The van der Waals surface area contributed by atoms with E-state index >= 15 is 0 Å². The molecule has 4 nitrogen and oxygen atoms in total. The van der Waals surface area contributed by atoms with Crippen LogP contribution in [-0.2, 0) is 15.1 Å². The SMILES string of the molecule is O=C(OCC#CCO)[C@](O)(c1ccccc1)C1CCCCC1. The van der Waals surface area contributed by atoms with Gasteiger partial charge >= 0.3 is 5.97 Å². The van der Waals surface area contributed by atoms with Gasteiger partial charge in [-0.3, -0.25) is 0 Å². The van der Waals surface area contributed by atoms with Crippen LogP contribution in [0.5, 0.6) is 0 Å². The molecular formula is C18H22O4. The van der Waals surface area contributed by atoms with E-state index in [4.69, 9.17) is 9.84 Å². The molecule has 0 bridgehead atoms. The lowest BCUT2D eigenvalue weighted by molar-refractivity contribution is -0.174. The number of benzene rings is 1. The molecule has 1 aromatic rings. The lowest BCUT2D eigenvalue weighted by Gasteiger charge is -2.36. The lowest BCUT2D eigenvalue weighted by Crippen LogP contribution is -2.45. The zero-order chi connectivity index (χ0) is 15.8. The van der Waals surface area contributed by atoms with Crippen LogP contribution in [-0.4, -0.2) is 29.4 Å². The molecule has 1 saturated carbocycles. The third-order valence-electron chi connectivity index (χ3n) is 4.20. The molecule has 1 aromatic carbocycles. The second kappa shape index (κ2) is 7.98. The molecule has 1 aliphatic rings. The first kappa shape index (κ1) is 16.5. The molecule has 2 N–H and O–H groups in total. The first-order valence-electron chi connectivity index (χ1n) is 7.71. The molecule has 0 saturated heterocycles. The van der Waals surface area contributed by atoms with Gasteiger partial charge in [0.15, 0.2) is 12.2 Å². The zero-order valence-corrected chi connectivity index (χ0v) is 12.6. The van der Waals surface area contributed by atoms with Gasteiger partial charge in [-0.25, -0.2) is 4.79 Å². The predicted molar refractivity (Wildman–Crippen MR) is 82.7 cm³/mol. The van der Waals surface area contributed by atoms with Crippen LogP contribution < -0.4 is 0 Å². The van der Waals surface area contributed by atoms with Gasteiger partial charge in [0.1, 0.15) is 6.61 Å². The minimum Gasteiger partial charge on any atom is -0.450 e. The number of carbonyl (C=O) groups excluding carboxylic acids is 1. The summed E-state index contributed by atoms with van der Waals surface area (Å²) in [5.41, 5.74) is -1.05. The Morgan fingerprint density at radius 1 is 1.18 bits per heavy atom. The van der Waals surface area contributed by atoms with Crippen LogP contribution in [0.15, 0.2) is 30.3 Å². The molecule has 0 unspecified atom stereocenters. The molecule has 0 amide bonds. The van der Waals surface area contributed by atoms with Crippen LogP contribution in [0.1, 0.15) is 37.7 Å². The minimum absolute atomic E-state index is 0.124. The summed E-state index contributed by atoms with van der Waals surface area (Å²) in [5.74, 6) is 4.17. The van der Waals surface area contributed by atoms with E-state index < -0.39 is 11.6 Å². The van der Waals surface area contributed by atoms with E-state index in [1.165, 1.54) is 0 Å². The molecule has 0 radical (unpaired) electrons. The fourth-order valence-electron chi connectivity index (χ4n) is 3.05. The van der Waals surface area contributed by atoms with Gasteiger partial charge in [-0.15, -0.1) is 0 Å². The van der Waals surface area contributed by atoms with Crippen molar-refractivity contribution in [3.05, 3.63) is 35.9 Å². The molecule has 1 fully saturated rings. The highest BCUT2D eigenvalue weighted by Gasteiger charge is 2.46. The van der Waals surface area contributed by atoms with Crippen molar-refractivity contribution in [3.8, 4) is 11.8 Å². The number of aliphatic hydroxyl groups excluding tert-OH is 1. The quantitative estimate of drug-likeness (QED) is 0.659. The van der Waals surface area contributed by atoms with Gasteiger partial charge in [0.25, 0.3) is 0 Å². The summed E-state index contributed by atoms with van der Waals surface area (Å²) in [7, 11) is 0. The number of esters is 1. The summed E-state index contributed by atoms with van der Waals surface area (Å²) in [6, 6.07) is 8.98. The third-order valence-corrected chi connectivity index (χ3v) is 4.20. The Morgan fingerprint density at radius 2 is 1.86 bits per heavy atom. The van der Waals surface area contributed by atoms with E-state index in [0.29, 0.717) is 5.56 Å². The maximum Gasteiger partial charge on any atom is 0.344 e. The normalized spacial score (nSPS) is 17.9. The van der Waals surface area contributed by atoms with E-state index in [-0.39, 0.29) is 19.1 Å². The van der Waals surface area contributed by atoms with Crippen molar-refractivity contribution in [2.75, 3.05) is 13.2 Å². The summed E-state index contributed by atoms with van der Waals surface area (Å²) in [5, 5.41) is 19.8. The highest BCUT2D eigenvalue weighted by atomic mass is 16.5. The van der Waals surface area contributed by atoms with Crippen LogP contribution in [0.25, 0.3) is 0 Å². The monoisotopic (exact) mass is 302 g/mol. The maximum atomic E-state index is 12.5. The average Bonchev–Trinajstić information content (AvgIpc) is 2.59. The Kier molecular flexibility index (Phi) is 6.00. The van der Waals surface area contributed by atoms with E-state index in [0.717, 1.165) is 32.1 Å². The van der Waals surface area contributed by atoms with Crippen LogP contribution in [0, 0.1) is 17.8 Å². The maximum absolute atomic E-state index is 12.5. The molecule has 2 rings (SSSR count). The smallest absolute Gasteiger partial charge is 0.344 e. The van der Waals surface area contributed by atoms with Gasteiger partial charge in [-0.2, -0.15) is 0 Å². The van der Waals surface area contributed by atoms with Crippen molar-refractivity contribution in [3.63, 3.8) is 0 Å². The molecule has 1 aliphatic carbocycles. The number of ether oxygens (including phenoxy) is 1. The summed E-state index contributed by atoms with van der Waals surface area (Å²) in [4.78, 5) is 12.5. The Morgan fingerprint density at radius 3 is 2.50 bits per heavy atom. The van der Waals surface area contributed by atoms with Crippen LogP contribution in [0.2, 0.25) is 0 Å². The van der Waals surface area contributed by atoms with Crippen molar-refractivity contribution in [2.45, 2.75) is 37.7 Å². The van der Waals surface area contributed by atoms with E-state index in [2.05, 4.69) is 11.8 Å². The summed E-state index contributed by atoms with van der Waals surface area (Å²) in [6.45, 7) is -0.398. The lowest BCUT2D eigenvalue weighted by atomic mass is 9.73. The predicted octanol–water partition coefficient (Wildman–Crippen LogP) is 1.99. The zero-order valence-electron chi connectivity index (χ0n) is 12.6. The van der Waals surface area contributed by atoms with E-state index in [1.54, 1.807) is 12.1 Å². The molecule has 0 spiro atoms. The van der Waals surface area contributed by atoms with Gasteiger partial charge in [0.05, 0.1) is 0 Å². The van der Waals surface area contributed by atoms with Gasteiger partial charge in [-0.05, 0) is 18.4 Å². The number of hydrogen-bond donors (Lipinski definition) is 2. The third kappa shape index (κ3) is 3.68. The van der Waals surface area contributed by atoms with E-state index in [1.807, 2.05) is 18.2 Å². The Balaban J connectivity index is 2.22. The number of aliphatic hydroxyl groups is 2. The van der Waals surface area contributed by atoms with Gasteiger partial charge < -0.3 is 14.9 Å². The molecule has 0 heterocycles. The molecule has 4 heteroatoms. The topological polar surface area (TPSA) is 66.8 Å². The van der Waals surface area contributed by atoms with Gasteiger partial charge in [0.2, 0.25) is 0 Å². The van der Waals surface area contributed by atoms with Crippen molar-refractivity contribution < 1.29 is 19.7 Å². The molecule has 0 aliphatic heterocycles. The molecule has 0 aromatic heterocycles. The molecule has 118 valence electrons. The Labute approximate surface area is 131 Å². The summed E-state index contributed by atoms with van der Waals surface area (Å²) < 4.78 is 5.14. The largest absolute Gasteiger partial charge is 0.450 e. The van der Waals surface area contributed by atoms with E-state index in [9.17, 15) is 9.90 Å². The molecule has 1 atom stereocenters. The van der Waals surface area contributed by atoms with Crippen LogP contribution in [0.3, 0.4) is 0 Å². The average molecular weight is 302 g/mol. The van der Waals surface area contributed by atoms with Crippen LogP contribution in [0.4, 0.5) is 0 Å². The molecular weight excluding hydrogens is 280 g/mol. The second-order valence-corrected chi connectivity index (χ2v) is 5.56. The van der Waals surface area contributed by atoms with Crippen molar-refractivity contribution in [1.29, 1.82) is 0 Å².